The number of hydrogen-bond donors (Lipinski definition) is 4. The Morgan fingerprint density at radius 1 is 1.18 bits per heavy atom. The second-order valence-corrected chi connectivity index (χ2v) is 12.0. The van der Waals surface area contributed by atoms with E-state index in [1.54, 1.807) is 45.0 Å². The molecule has 0 saturated heterocycles. The minimum Gasteiger partial charge on any atom is -0.508 e. The van der Waals surface area contributed by atoms with Crippen LogP contribution in [-0.2, 0) is 17.7 Å². The van der Waals surface area contributed by atoms with Crippen molar-refractivity contribution in [3.63, 3.8) is 0 Å². The van der Waals surface area contributed by atoms with Gasteiger partial charge in [0.1, 0.15) is 29.2 Å². The molecule has 0 radical (unpaired) electrons. The van der Waals surface area contributed by atoms with E-state index in [9.17, 15) is 19.8 Å². The average Bonchev–Trinajstić information content (AvgIpc) is 2.81. The Labute approximate surface area is 222 Å². The number of carbonyl (C=O) groups is 2. The van der Waals surface area contributed by atoms with Gasteiger partial charge in [-0.3, -0.25) is 9.69 Å². The molecule has 2 fully saturated rings. The van der Waals surface area contributed by atoms with Crippen molar-refractivity contribution in [3.05, 3.63) is 47.4 Å². The average molecular weight is 524 g/mol. The number of nitrogens with zero attached hydrogens (tertiary/aromatic N) is 3. The van der Waals surface area contributed by atoms with Crippen LogP contribution < -0.4 is 10.6 Å². The number of rotatable bonds is 6. The van der Waals surface area contributed by atoms with Crippen molar-refractivity contribution in [2.75, 3.05) is 11.9 Å². The smallest absolute Gasteiger partial charge is 0.410 e. The highest BCUT2D eigenvalue weighted by Crippen LogP contribution is 2.56. The highest BCUT2D eigenvalue weighted by molar-refractivity contribution is 5.92. The van der Waals surface area contributed by atoms with Crippen molar-refractivity contribution in [1.82, 2.24) is 20.2 Å². The van der Waals surface area contributed by atoms with Crippen LogP contribution in [0.15, 0.2) is 30.6 Å². The van der Waals surface area contributed by atoms with Crippen molar-refractivity contribution in [3.8, 4) is 5.75 Å². The van der Waals surface area contributed by atoms with E-state index >= 15 is 0 Å². The summed E-state index contributed by atoms with van der Waals surface area (Å²) in [6.45, 7) is 5.44. The summed E-state index contributed by atoms with van der Waals surface area (Å²) in [5.74, 6) is 0.300. The SMILES string of the molecule is CC(C)(C)OC(=O)N1Cc2cc(O)ccc2C[C@H]1[C@H](O)CNC(=O)c1cc(NC2CC3(CCC3)C2)ncn1. The summed E-state index contributed by atoms with van der Waals surface area (Å²) in [5, 5.41) is 27.2. The fraction of sp³-hybridized carbons (Fsp3) is 0.571. The first kappa shape index (κ1) is 26.2. The fourth-order valence-corrected chi connectivity index (χ4v) is 5.83. The van der Waals surface area contributed by atoms with Crippen LogP contribution in [0.2, 0.25) is 0 Å². The van der Waals surface area contributed by atoms with Crippen molar-refractivity contribution < 1.29 is 24.5 Å². The van der Waals surface area contributed by atoms with Crippen LogP contribution >= 0.6 is 0 Å². The molecule has 1 aromatic heterocycles. The van der Waals surface area contributed by atoms with Crippen LogP contribution in [0.4, 0.5) is 10.6 Å². The van der Waals surface area contributed by atoms with E-state index < -0.39 is 29.7 Å². The lowest BCUT2D eigenvalue weighted by Crippen LogP contribution is -2.54. The van der Waals surface area contributed by atoms with Crippen molar-refractivity contribution in [2.45, 2.75) is 89.6 Å². The zero-order chi connectivity index (χ0) is 27.1. The summed E-state index contributed by atoms with van der Waals surface area (Å²) < 4.78 is 5.58. The van der Waals surface area contributed by atoms with Gasteiger partial charge in [0, 0.05) is 25.2 Å². The summed E-state index contributed by atoms with van der Waals surface area (Å²) in [6.07, 6.45) is 6.33. The minimum atomic E-state index is -1.05. The molecule has 1 spiro atoms. The highest BCUT2D eigenvalue weighted by Gasteiger charge is 2.48. The lowest BCUT2D eigenvalue weighted by atomic mass is 9.54. The number of aromatic hydroxyl groups is 1. The van der Waals surface area contributed by atoms with E-state index in [-0.39, 0.29) is 24.5 Å². The number of hydrogen-bond acceptors (Lipinski definition) is 8. The van der Waals surface area contributed by atoms with Crippen molar-refractivity contribution in [2.24, 2.45) is 5.41 Å². The minimum absolute atomic E-state index is 0.0753. The second kappa shape index (κ2) is 10.1. The molecule has 2 heterocycles. The van der Waals surface area contributed by atoms with Gasteiger partial charge in [-0.2, -0.15) is 0 Å². The Morgan fingerprint density at radius 2 is 1.95 bits per heavy atom. The van der Waals surface area contributed by atoms with Gasteiger partial charge >= 0.3 is 6.09 Å². The van der Waals surface area contributed by atoms with Crippen molar-refractivity contribution >= 4 is 17.8 Å². The maximum atomic E-state index is 13.0. The van der Waals surface area contributed by atoms with Gasteiger partial charge in [-0.05, 0) is 81.5 Å². The third-order valence-electron chi connectivity index (χ3n) is 7.93. The summed E-state index contributed by atoms with van der Waals surface area (Å²) in [6, 6.07) is 6.38. The molecule has 4 N–H and O–H groups in total. The number of anilines is 1. The molecule has 2 saturated carbocycles. The molecule has 1 aliphatic heterocycles. The lowest BCUT2D eigenvalue weighted by molar-refractivity contribution is -0.0113. The molecule has 5 rings (SSSR count). The zero-order valence-electron chi connectivity index (χ0n) is 22.2. The van der Waals surface area contributed by atoms with Crippen LogP contribution in [-0.4, -0.2) is 67.4 Å². The van der Waals surface area contributed by atoms with E-state index in [0.717, 1.165) is 24.0 Å². The molecule has 1 aromatic carbocycles. The van der Waals surface area contributed by atoms with Gasteiger partial charge in [0.25, 0.3) is 5.91 Å². The molecule has 10 nitrogen and oxygen atoms in total. The Hall–Kier alpha value is -3.40. The van der Waals surface area contributed by atoms with Crippen LogP contribution in [0.5, 0.6) is 5.75 Å². The first-order valence-electron chi connectivity index (χ1n) is 13.4. The van der Waals surface area contributed by atoms with Gasteiger partial charge in [0.2, 0.25) is 0 Å². The molecule has 0 bridgehead atoms. The van der Waals surface area contributed by atoms with E-state index in [2.05, 4.69) is 20.6 Å². The first-order valence-corrected chi connectivity index (χ1v) is 13.4. The Balaban J connectivity index is 1.22. The number of aliphatic hydroxyl groups excluding tert-OH is 1. The number of amides is 2. The number of ether oxygens (including phenoxy) is 1. The molecule has 38 heavy (non-hydrogen) atoms. The summed E-state index contributed by atoms with van der Waals surface area (Å²) >= 11 is 0. The number of carbonyl (C=O) groups excluding carboxylic acids is 2. The normalized spacial score (nSPS) is 21.1. The second-order valence-electron chi connectivity index (χ2n) is 12.0. The van der Waals surface area contributed by atoms with Gasteiger partial charge in [-0.25, -0.2) is 14.8 Å². The molecule has 2 amide bonds. The standard InChI is InChI=1S/C28H37N5O5/c1-27(2,3)38-26(37)33-15-18-9-20(34)6-5-17(18)10-22(33)23(35)14-29-25(36)21-11-24(31-16-30-21)32-19-12-28(13-19)7-4-8-28/h5-6,9,11,16,19,22-23,34-35H,4,7-8,10,12-15H2,1-3H3,(H,29,36)(H,30,31,32)/t22-,23+/m0/s1. The molecule has 3 aliphatic rings. The molecular formula is C28H37N5O5. The number of aromatic nitrogens is 2. The van der Waals surface area contributed by atoms with Gasteiger partial charge in [-0.1, -0.05) is 12.5 Å². The summed E-state index contributed by atoms with van der Waals surface area (Å²) in [7, 11) is 0. The molecule has 0 unspecified atom stereocenters. The third-order valence-corrected chi connectivity index (χ3v) is 7.93. The van der Waals surface area contributed by atoms with E-state index in [1.807, 2.05) is 0 Å². The van der Waals surface area contributed by atoms with Gasteiger partial charge in [0.15, 0.2) is 0 Å². The van der Waals surface area contributed by atoms with Crippen LogP contribution in [0.1, 0.15) is 74.5 Å². The van der Waals surface area contributed by atoms with Crippen molar-refractivity contribution in [1.29, 1.82) is 0 Å². The zero-order valence-corrected chi connectivity index (χ0v) is 22.2. The topological polar surface area (TPSA) is 137 Å². The first-order chi connectivity index (χ1) is 18.0. The van der Waals surface area contributed by atoms with E-state index in [1.165, 1.54) is 30.5 Å². The Bertz CT molecular complexity index is 1200. The summed E-state index contributed by atoms with van der Waals surface area (Å²) in [5.41, 5.74) is 1.74. The molecule has 2 aliphatic carbocycles. The number of phenols is 1. The van der Waals surface area contributed by atoms with Gasteiger partial charge < -0.3 is 25.6 Å². The predicted molar refractivity (Wildman–Crippen MR) is 141 cm³/mol. The summed E-state index contributed by atoms with van der Waals surface area (Å²) in [4.78, 5) is 35.7. The lowest BCUT2D eigenvalue weighted by Gasteiger charge is -2.54. The monoisotopic (exact) mass is 523 g/mol. The van der Waals surface area contributed by atoms with Crippen LogP contribution in [0.25, 0.3) is 0 Å². The Morgan fingerprint density at radius 3 is 2.63 bits per heavy atom. The predicted octanol–water partition coefficient (Wildman–Crippen LogP) is 3.38. The number of fused-ring (bicyclic) bond motifs is 1. The number of nitrogens with one attached hydrogen (secondary N) is 2. The van der Waals surface area contributed by atoms with Crippen LogP contribution in [0.3, 0.4) is 0 Å². The van der Waals surface area contributed by atoms with Crippen LogP contribution in [0, 0.1) is 5.41 Å². The fourth-order valence-electron chi connectivity index (χ4n) is 5.83. The molecule has 2 aromatic rings. The van der Waals surface area contributed by atoms with Gasteiger partial charge in [-0.15, -0.1) is 0 Å². The van der Waals surface area contributed by atoms with E-state index in [4.69, 9.17) is 4.74 Å². The molecule has 10 heteroatoms. The number of benzene rings is 1. The number of aliphatic hydroxyl groups is 1. The Kier molecular flexibility index (Phi) is 6.94. The molecule has 2 atom stereocenters. The van der Waals surface area contributed by atoms with Gasteiger partial charge in [0.05, 0.1) is 12.1 Å². The number of phenolic OH excluding ortho intramolecular Hbond substituents is 1. The van der Waals surface area contributed by atoms with E-state index in [0.29, 0.717) is 23.7 Å². The maximum Gasteiger partial charge on any atom is 0.410 e. The quantitative estimate of drug-likeness (QED) is 0.452. The largest absolute Gasteiger partial charge is 0.508 e. The third kappa shape index (κ3) is 5.70. The molecular weight excluding hydrogens is 486 g/mol. The molecule has 204 valence electrons. The highest BCUT2D eigenvalue weighted by atomic mass is 16.6. The maximum absolute atomic E-state index is 13.0.